The Bertz CT molecular complexity index is 312. The van der Waals surface area contributed by atoms with Gasteiger partial charge in [-0.1, -0.05) is 17.7 Å². The van der Waals surface area contributed by atoms with E-state index in [4.69, 9.17) is 17.3 Å². The van der Waals surface area contributed by atoms with Gasteiger partial charge >= 0.3 is 0 Å². The molecule has 1 atom stereocenters. The molecule has 1 aromatic carbocycles. The van der Waals surface area contributed by atoms with E-state index in [-0.39, 0.29) is 11.8 Å². The van der Waals surface area contributed by atoms with Crippen LogP contribution < -0.4 is 5.73 Å². The number of phenols is 1. The lowest BCUT2D eigenvalue weighted by molar-refractivity contribution is 0.461. The number of rotatable bonds is 3. The Morgan fingerprint density at radius 1 is 1.62 bits per heavy atom. The summed E-state index contributed by atoms with van der Waals surface area (Å²) in [4.78, 5) is 0. The zero-order valence-electron chi connectivity index (χ0n) is 7.20. The van der Waals surface area contributed by atoms with E-state index in [1.54, 1.807) is 24.3 Å². The van der Waals surface area contributed by atoms with Crippen molar-refractivity contribution in [1.29, 1.82) is 0 Å². The number of hydrogen-bond donors (Lipinski definition) is 2. The molecule has 0 saturated heterocycles. The van der Waals surface area contributed by atoms with Crippen molar-refractivity contribution in [2.45, 2.75) is 12.5 Å². The van der Waals surface area contributed by atoms with Gasteiger partial charge in [0, 0.05) is 16.6 Å². The summed E-state index contributed by atoms with van der Waals surface area (Å²) in [6, 6.07) is 4.60. The van der Waals surface area contributed by atoms with Crippen LogP contribution in [0.5, 0.6) is 5.75 Å². The van der Waals surface area contributed by atoms with Crippen molar-refractivity contribution in [3.63, 3.8) is 0 Å². The molecule has 0 fully saturated rings. The largest absolute Gasteiger partial charge is 0.508 e. The van der Waals surface area contributed by atoms with Crippen LogP contribution in [0.25, 0.3) is 0 Å². The van der Waals surface area contributed by atoms with Crippen molar-refractivity contribution in [1.82, 2.24) is 0 Å². The van der Waals surface area contributed by atoms with Crippen molar-refractivity contribution in [2.75, 3.05) is 0 Å². The highest BCUT2D eigenvalue weighted by Gasteiger charge is 2.09. The number of halogens is 1. The standard InChI is InChI=1S/C10H12ClNO/c1-2-3-9(12)8-6-7(11)4-5-10(8)13/h2,4-6,9,13H,1,3,12H2/t9-/m0/s1. The molecule has 0 aromatic heterocycles. The molecule has 13 heavy (non-hydrogen) atoms. The molecule has 70 valence electrons. The first-order chi connectivity index (χ1) is 6.15. The van der Waals surface area contributed by atoms with E-state index in [0.29, 0.717) is 17.0 Å². The van der Waals surface area contributed by atoms with Gasteiger partial charge in [0.15, 0.2) is 0 Å². The number of benzene rings is 1. The van der Waals surface area contributed by atoms with Crippen molar-refractivity contribution in [3.8, 4) is 5.75 Å². The maximum Gasteiger partial charge on any atom is 0.120 e. The highest BCUT2D eigenvalue weighted by atomic mass is 35.5. The summed E-state index contributed by atoms with van der Waals surface area (Å²) < 4.78 is 0. The van der Waals surface area contributed by atoms with Gasteiger partial charge < -0.3 is 10.8 Å². The summed E-state index contributed by atoms with van der Waals surface area (Å²) in [5, 5.41) is 10.0. The monoisotopic (exact) mass is 197 g/mol. The van der Waals surface area contributed by atoms with Crippen LogP contribution in [0.15, 0.2) is 30.9 Å². The van der Waals surface area contributed by atoms with Crippen LogP contribution in [-0.4, -0.2) is 5.11 Å². The second-order valence-electron chi connectivity index (χ2n) is 2.83. The molecule has 0 aliphatic rings. The summed E-state index contributed by atoms with van der Waals surface area (Å²) in [5.74, 6) is 0.179. The Labute approximate surface area is 82.6 Å². The molecule has 0 spiro atoms. The summed E-state index contributed by atoms with van der Waals surface area (Å²) in [7, 11) is 0. The van der Waals surface area contributed by atoms with E-state index in [1.807, 2.05) is 0 Å². The van der Waals surface area contributed by atoms with Crippen LogP contribution in [-0.2, 0) is 0 Å². The molecule has 0 aliphatic carbocycles. The molecule has 0 amide bonds. The van der Waals surface area contributed by atoms with Crippen LogP contribution in [0.2, 0.25) is 5.02 Å². The second kappa shape index (κ2) is 4.30. The van der Waals surface area contributed by atoms with Gasteiger partial charge in [0.2, 0.25) is 0 Å². The molecule has 0 radical (unpaired) electrons. The third-order valence-electron chi connectivity index (χ3n) is 1.81. The van der Waals surface area contributed by atoms with E-state index >= 15 is 0 Å². The zero-order valence-corrected chi connectivity index (χ0v) is 7.96. The van der Waals surface area contributed by atoms with Crippen LogP contribution in [0, 0.1) is 0 Å². The first-order valence-electron chi connectivity index (χ1n) is 4.00. The molecular formula is C10H12ClNO. The third-order valence-corrected chi connectivity index (χ3v) is 2.04. The van der Waals surface area contributed by atoms with Crippen LogP contribution >= 0.6 is 11.6 Å². The minimum absolute atomic E-state index is 0.179. The Morgan fingerprint density at radius 3 is 2.92 bits per heavy atom. The van der Waals surface area contributed by atoms with Crippen molar-refractivity contribution in [2.24, 2.45) is 5.73 Å². The Kier molecular flexibility index (Phi) is 3.34. The fourth-order valence-electron chi connectivity index (χ4n) is 1.13. The predicted octanol–water partition coefficient (Wildman–Crippen LogP) is 2.62. The quantitative estimate of drug-likeness (QED) is 0.732. The summed E-state index contributed by atoms with van der Waals surface area (Å²) in [6.45, 7) is 3.58. The second-order valence-corrected chi connectivity index (χ2v) is 3.27. The van der Waals surface area contributed by atoms with Gasteiger partial charge in [0.05, 0.1) is 0 Å². The molecule has 0 bridgehead atoms. The molecular weight excluding hydrogens is 186 g/mol. The lowest BCUT2D eigenvalue weighted by Gasteiger charge is -2.11. The van der Waals surface area contributed by atoms with Crippen LogP contribution in [0.3, 0.4) is 0 Å². The molecule has 0 saturated carbocycles. The molecule has 3 heteroatoms. The summed E-state index contributed by atoms with van der Waals surface area (Å²) in [6.07, 6.45) is 2.33. The Balaban J connectivity index is 2.97. The fourth-order valence-corrected chi connectivity index (χ4v) is 1.31. The predicted molar refractivity (Wildman–Crippen MR) is 54.9 cm³/mol. The molecule has 2 nitrogen and oxygen atoms in total. The van der Waals surface area contributed by atoms with E-state index < -0.39 is 0 Å². The SMILES string of the molecule is C=CC[C@H](N)c1cc(Cl)ccc1O. The minimum atomic E-state index is -0.240. The zero-order chi connectivity index (χ0) is 9.84. The number of nitrogens with two attached hydrogens (primary N) is 1. The average molecular weight is 198 g/mol. The minimum Gasteiger partial charge on any atom is -0.508 e. The average Bonchev–Trinajstić information content (AvgIpc) is 2.09. The molecule has 1 aromatic rings. The third kappa shape index (κ3) is 2.47. The topological polar surface area (TPSA) is 46.2 Å². The van der Waals surface area contributed by atoms with Gasteiger partial charge in [0.25, 0.3) is 0 Å². The van der Waals surface area contributed by atoms with Gasteiger partial charge in [0.1, 0.15) is 5.75 Å². The molecule has 1 rings (SSSR count). The highest BCUT2D eigenvalue weighted by molar-refractivity contribution is 6.30. The number of aromatic hydroxyl groups is 1. The molecule has 0 unspecified atom stereocenters. The fraction of sp³-hybridized carbons (Fsp3) is 0.200. The molecule has 3 N–H and O–H groups in total. The van der Waals surface area contributed by atoms with Crippen molar-refractivity contribution >= 4 is 11.6 Å². The number of phenolic OH excluding ortho intramolecular Hbond substituents is 1. The van der Waals surface area contributed by atoms with E-state index in [2.05, 4.69) is 6.58 Å². The van der Waals surface area contributed by atoms with Gasteiger partial charge in [-0.15, -0.1) is 6.58 Å². The van der Waals surface area contributed by atoms with Gasteiger partial charge in [-0.3, -0.25) is 0 Å². The molecule has 0 heterocycles. The number of hydrogen-bond acceptors (Lipinski definition) is 2. The van der Waals surface area contributed by atoms with Crippen molar-refractivity contribution < 1.29 is 5.11 Å². The van der Waals surface area contributed by atoms with Gasteiger partial charge in [-0.25, -0.2) is 0 Å². The first kappa shape index (κ1) is 10.1. The molecule has 0 aliphatic heterocycles. The lowest BCUT2D eigenvalue weighted by Crippen LogP contribution is -2.09. The smallest absolute Gasteiger partial charge is 0.120 e. The van der Waals surface area contributed by atoms with Crippen molar-refractivity contribution in [3.05, 3.63) is 41.4 Å². The van der Waals surface area contributed by atoms with E-state index in [9.17, 15) is 5.11 Å². The van der Waals surface area contributed by atoms with E-state index in [0.717, 1.165) is 0 Å². The summed E-state index contributed by atoms with van der Waals surface area (Å²) in [5.41, 5.74) is 6.44. The first-order valence-corrected chi connectivity index (χ1v) is 4.38. The van der Waals surface area contributed by atoms with E-state index in [1.165, 1.54) is 0 Å². The van der Waals surface area contributed by atoms with Crippen LogP contribution in [0.1, 0.15) is 18.0 Å². The Morgan fingerprint density at radius 2 is 2.31 bits per heavy atom. The normalized spacial score (nSPS) is 12.5. The highest BCUT2D eigenvalue weighted by Crippen LogP contribution is 2.27. The maximum absolute atomic E-state index is 9.46. The Hall–Kier alpha value is -0.990. The summed E-state index contributed by atoms with van der Waals surface area (Å²) >= 11 is 5.77. The lowest BCUT2D eigenvalue weighted by atomic mass is 10.0. The van der Waals surface area contributed by atoms with Crippen LogP contribution in [0.4, 0.5) is 0 Å². The maximum atomic E-state index is 9.46. The van der Waals surface area contributed by atoms with Gasteiger partial charge in [-0.2, -0.15) is 0 Å². The van der Waals surface area contributed by atoms with Gasteiger partial charge in [-0.05, 0) is 24.6 Å².